The average molecular weight is 451 g/mol. The minimum Gasteiger partial charge on any atom is -0.0996 e. The Morgan fingerprint density at radius 2 is 1.70 bits per heavy atom. The molecule has 4 rings (SSSR count). The van der Waals surface area contributed by atoms with Crippen molar-refractivity contribution < 1.29 is 0 Å². The number of fused-ring (bicyclic) bond motifs is 1. The fourth-order valence-electron chi connectivity index (χ4n) is 7.58. The Balaban J connectivity index is 0.000000968. The molecule has 4 aliphatic rings. The molecule has 4 aliphatic carbocycles. The Labute approximate surface area is 207 Å². The van der Waals surface area contributed by atoms with Crippen LogP contribution in [0.5, 0.6) is 0 Å². The first-order chi connectivity index (χ1) is 15.9. The number of hydrogen-bond donors (Lipinski definition) is 0. The van der Waals surface area contributed by atoms with Crippen LogP contribution in [0.3, 0.4) is 0 Å². The minimum atomic E-state index is 0.552. The Morgan fingerprint density at radius 3 is 2.39 bits per heavy atom. The lowest BCUT2D eigenvalue weighted by atomic mass is 9.60. The molecule has 0 aliphatic heterocycles. The van der Waals surface area contributed by atoms with Crippen molar-refractivity contribution in [3.63, 3.8) is 0 Å². The molecule has 0 aromatic heterocycles. The summed E-state index contributed by atoms with van der Waals surface area (Å²) in [6.45, 7) is 16.1. The van der Waals surface area contributed by atoms with E-state index in [1.165, 1.54) is 102 Å². The second-order valence-electron chi connectivity index (χ2n) is 12.3. The van der Waals surface area contributed by atoms with Crippen molar-refractivity contribution in [2.75, 3.05) is 0 Å². The lowest BCUT2D eigenvalue weighted by Crippen LogP contribution is -2.36. The van der Waals surface area contributed by atoms with Crippen molar-refractivity contribution >= 4 is 0 Å². The maximum absolute atomic E-state index is 4.25. The molecular weight excluding hydrogens is 396 g/mol. The SMILES string of the molecule is C=C1CC/C(=C/C=C2\CCC[C@@]3(C)C2CCC3[C@@H](C)CCC=C2CCCC2)C[C@H]1C.CCC. The van der Waals surface area contributed by atoms with Gasteiger partial charge in [-0.05, 0) is 119 Å². The van der Waals surface area contributed by atoms with Gasteiger partial charge in [-0.1, -0.05) is 88.1 Å². The molecule has 33 heavy (non-hydrogen) atoms. The summed E-state index contributed by atoms with van der Waals surface area (Å²) in [5, 5.41) is 0. The van der Waals surface area contributed by atoms with E-state index in [0.717, 1.165) is 17.8 Å². The van der Waals surface area contributed by atoms with Crippen LogP contribution in [0.4, 0.5) is 0 Å². The quantitative estimate of drug-likeness (QED) is 0.365. The van der Waals surface area contributed by atoms with E-state index >= 15 is 0 Å². The third kappa shape index (κ3) is 6.76. The molecular formula is C33H54. The molecule has 0 heterocycles. The highest BCUT2D eigenvalue weighted by Crippen LogP contribution is 2.60. The number of hydrogen-bond acceptors (Lipinski definition) is 0. The van der Waals surface area contributed by atoms with Gasteiger partial charge in [-0.25, -0.2) is 0 Å². The van der Waals surface area contributed by atoms with E-state index in [1.54, 1.807) is 16.7 Å². The van der Waals surface area contributed by atoms with Crippen molar-refractivity contribution in [3.05, 3.63) is 47.1 Å². The molecule has 0 radical (unpaired) electrons. The predicted octanol–water partition coefficient (Wildman–Crippen LogP) is 10.8. The smallest absolute Gasteiger partial charge is 0.0143 e. The normalized spacial score (nSPS) is 35.4. The molecule has 0 amide bonds. The largest absolute Gasteiger partial charge is 0.0996 e. The first-order valence-electron chi connectivity index (χ1n) is 14.6. The third-order valence-corrected chi connectivity index (χ3v) is 9.59. The van der Waals surface area contributed by atoms with E-state index in [9.17, 15) is 0 Å². The van der Waals surface area contributed by atoms with Crippen LogP contribution < -0.4 is 0 Å². The predicted molar refractivity (Wildman–Crippen MR) is 147 cm³/mol. The molecule has 2 unspecified atom stereocenters. The minimum absolute atomic E-state index is 0.552. The van der Waals surface area contributed by atoms with Gasteiger partial charge in [0.2, 0.25) is 0 Å². The van der Waals surface area contributed by atoms with Crippen molar-refractivity contribution in [3.8, 4) is 0 Å². The Hall–Kier alpha value is -1.04. The van der Waals surface area contributed by atoms with Gasteiger partial charge in [0.15, 0.2) is 0 Å². The topological polar surface area (TPSA) is 0 Å². The summed E-state index contributed by atoms with van der Waals surface area (Å²) in [5.74, 6) is 3.33. The van der Waals surface area contributed by atoms with Crippen LogP contribution in [0.15, 0.2) is 47.1 Å². The highest BCUT2D eigenvalue weighted by molar-refractivity contribution is 5.27. The summed E-state index contributed by atoms with van der Waals surface area (Å²) >= 11 is 0. The van der Waals surface area contributed by atoms with Gasteiger partial charge in [-0.3, -0.25) is 0 Å². The molecule has 186 valence electrons. The Kier molecular flexibility index (Phi) is 10.1. The van der Waals surface area contributed by atoms with Crippen LogP contribution in [0.1, 0.15) is 131 Å². The van der Waals surface area contributed by atoms with Gasteiger partial charge in [0.1, 0.15) is 0 Å². The fraction of sp³-hybridized carbons (Fsp3) is 0.758. The van der Waals surface area contributed by atoms with E-state index in [1.807, 2.05) is 0 Å². The average Bonchev–Trinajstić information content (AvgIpc) is 3.42. The third-order valence-electron chi connectivity index (χ3n) is 9.59. The standard InChI is InChI=1S/C30H46.C3H8/c1-22-14-15-26(21-24(22)3)16-17-27-13-8-20-30(4)28(18-19-29(27)30)23(2)9-7-12-25-10-5-6-11-25;1-3-2/h12,16-17,23-24,28-29H,1,5-11,13-15,18-21H2,2-4H3;3H2,1-2H3/b26-16-,27-17+;/t23-,24+,28?,29?,30+;/m0./s1. The molecule has 4 fully saturated rings. The molecule has 0 heteroatoms. The molecule has 5 atom stereocenters. The van der Waals surface area contributed by atoms with Gasteiger partial charge in [-0.15, -0.1) is 0 Å². The van der Waals surface area contributed by atoms with E-state index in [4.69, 9.17) is 0 Å². The zero-order valence-corrected chi connectivity index (χ0v) is 22.9. The second-order valence-corrected chi connectivity index (χ2v) is 12.3. The van der Waals surface area contributed by atoms with E-state index in [0.29, 0.717) is 11.3 Å². The van der Waals surface area contributed by atoms with Gasteiger partial charge in [0, 0.05) is 0 Å². The second kappa shape index (κ2) is 12.6. The van der Waals surface area contributed by atoms with Crippen molar-refractivity contribution in [1.29, 1.82) is 0 Å². The molecule has 0 saturated heterocycles. The summed E-state index contributed by atoms with van der Waals surface area (Å²) in [4.78, 5) is 0. The Bertz CT molecular complexity index is 723. The monoisotopic (exact) mass is 450 g/mol. The highest BCUT2D eigenvalue weighted by Gasteiger charge is 2.50. The number of allylic oxidation sites excluding steroid dienone is 7. The molecule has 0 spiro atoms. The van der Waals surface area contributed by atoms with Gasteiger partial charge in [-0.2, -0.15) is 0 Å². The lowest BCUT2D eigenvalue weighted by Gasteiger charge is -2.44. The van der Waals surface area contributed by atoms with E-state index in [-0.39, 0.29) is 0 Å². The summed E-state index contributed by atoms with van der Waals surface area (Å²) in [6.07, 6.45) is 28.1. The van der Waals surface area contributed by atoms with Gasteiger partial charge >= 0.3 is 0 Å². The van der Waals surface area contributed by atoms with E-state index < -0.39 is 0 Å². The molecule has 4 saturated carbocycles. The lowest BCUT2D eigenvalue weighted by molar-refractivity contribution is 0.0946. The molecule has 0 aromatic rings. The van der Waals surface area contributed by atoms with Gasteiger partial charge in [0.25, 0.3) is 0 Å². The van der Waals surface area contributed by atoms with Crippen LogP contribution in [-0.2, 0) is 0 Å². The van der Waals surface area contributed by atoms with Crippen LogP contribution in [-0.4, -0.2) is 0 Å². The van der Waals surface area contributed by atoms with Gasteiger partial charge in [0.05, 0.1) is 0 Å². The zero-order valence-electron chi connectivity index (χ0n) is 22.9. The van der Waals surface area contributed by atoms with Crippen molar-refractivity contribution in [2.24, 2.45) is 29.1 Å². The van der Waals surface area contributed by atoms with Crippen molar-refractivity contribution in [2.45, 2.75) is 131 Å². The van der Waals surface area contributed by atoms with Crippen LogP contribution >= 0.6 is 0 Å². The molecule has 0 bridgehead atoms. The summed E-state index contributed by atoms with van der Waals surface area (Å²) < 4.78 is 0. The van der Waals surface area contributed by atoms with Crippen LogP contribution in [0.25, 0.3) is 0 Å². The first kappa shape index (κ1) is 26.6. The van der Waals surface area contributed by atoms with Crippen LogP contribution in [0, 0.1) is 29.1 Å². The molecule has 0 nitrogen and oxygen atoms in total. The zero-order chi connectivity index (χ0) is 23.8. The molecule has 0 aromatic carbocycles. The maximum Gasteiger partial charge on any atom is -0.0143 e. The van der Waals surface area contributed by atoms with Crippen LogP contribution in [0.2, 0.25) is 0 Å². The van der Waals surface area contributed by atoms with Gasteiger partial charge < -0.3 is 0 Å². The first-order valence-corrected chi connectivity index (χ1v) is 14.6. The number of rotatable bonds is 5. The van der Waals surface area contributed by atoms with E-state index in [2.05, 4.69) is 59.4 Å². The molecule has 0 N–H and O–H groups in total. The summed E-state index contributed by atoms with van der Waals surface area (Å²) in [5.41, 5.74) is 7.22. The summed E-state index contributed by atoms with van der Waals surface area (Å²) in [6, 6.07) is 0. The Morgan fingerprint density at radius 1 is 0.970 bits per heavy atom. The highest BCUT2D eigenvalue weighted by atomic mass is 14.5. The summed E-state index contributed by atoms with van der Waals surface area (Å²) in [7, 11) is 0. The van der Waals surface area contributed by atoms with Crippen molar-refractivity contribution in [1.82, 2.24) is 0 Å². The fourth-order valence-corrected chi connectivity index (χ4v) is 7.58. The maximum atomic E-state index is 4.25.